The molecule has 0 aliphatic heterocycles. The van der Waals surface area contributed by atoms with Crippen molar-refractivity contribution in [2.75, 3.05) is 47.5 Å². The lowest BCUT2D eigenvalue weighted by Crippen LogP contribution is -2.37. The summed E-state index contributed by atoms with van der Waals surface area (Å²) in [6.45, 7) is 4.13. The van der Waals surface area contributed by atoms with Crippen molar-refractivity contribution in [3.8, 4) is 0 Å². The standard InChI is InChI=1S/C62H114NO8P/c1-6-8-10-12-14-16-18-20-22-24-26-27-28-29-30-31-32-33-34-35-37-38-40-42-44-46-48-50-52-54-61(64)68-58-60(59-70-72(66,67)69-57-56-63(3,4)5)71-62(65)55-53-51-49-47-45-43-41-39-36-25-23-21-19-17-15-13-11-9-7-2/h9,11,15,17,21,23-24,26,36,39,60H,6-8,10,12-14,16,18-20,22,25,27-35,37-38,40-59H2,1-5H3/b11-9-,17-15-,23-21-,26-24-,39-36-. The van der Waals surface area contributed by atoms with Crippen molar-refractivity contribution in [3.63, 3.8) is 0 Å². The Morgan fingerprint density at radius 1 is 0.444 bits per heavy atom. The molecule has 2 atom stereocenters. The average Bonchev–Trinajstić information content (AvgIpc) is 3.34. The summed E-state index contributed by atoms with van der Waals surface area (Å²) in [5, 5.41) is 0. The minimum absolute atomic E-state index is 0.0350. The third kappa shape index (κ3) is 57.0. The Morgan fingerprint density at radius 2 is 0.792 bits per heavy atom. The average molecular weight is 1030 g/mol. The van der Waals surface area contributed by atoms with Gasteiger partial charge in [-0.1, -0.05) is 242 Å². The molecule has 0 saturated carbocycles. The quantitative estimate of drug-likeness (QED) is 0.0195. The number of likely N-dealkylation sites (N-methyl/N-ethyl adjacent to an activating group) is 1. The van der Waals surface area contributed by atoms with Gasteiger partial charge in [-0.3, -0.25) is 14.2 Å². The Morgan fingerprint density at radius 3 is 1.19 bits per heavy atom. The summed E-state index contributed by atoms with van der Waals surface area (Å²) in [7, 11) is 1.16. The van der Waals surface area contributed by atoms with Crippen LogP contribution in [0.5, 0.6) is 0 Å². The molecule has 0 bridgehead atoms. The Labute approximate surface area is 445 Å². The van der Waals surface area contributed by atoms with E-state index in [1.165, 1.54) is 154 Å². The maximum absolute atomic E-state index is 12.8. The molecule has 0 aromatic heterocycles. The summed E-state index contributed by atoms with van der Waals surface area (Å²) in [5.41, 5.74) is 0. The number of rotatable bonds is 55. The number of quaternary nitrogens is 1. The Kier molecular flexibility index (Phi) is 51.8. The number of carbonyl (C=O) groups is 2. The normalized spacial score (nSPS) is 13.7. The molecule has 72 heavy (non-hydrogen) atoms. The predicted molar refractivity (Wildman–Crippen MR) is 305 cm³/mol. The van der Waals surface area contributed by atoms with E-state index in [1.807, 2.05) is 21.1 Å². The summed E-state index contributed by atoms with van der Waals surface area (Å²) in [5.74, 6) is -0.842. The topological polar surface area (TPSA) is 111 Å². The molecule has 2 unspecified atom stereocenters. The van der Waals surface area contributed by atoms with Gasteiger partial charge in [-0.05, 0) is 77.0 Å². The molecule has 0 radical (unpaired) electrons. The molecule has 0 heterocycles. The van der Waals surface area contributed by atoms with E-state index in [1.54, 1.807) is 0 Å². The van der Waals surface area contributed by atoms with E-state index in [2.05, 4.69) is 74.6 Å². The zero-order valence-corrected chi connectivity index (χ0v) is 48.5. The van der Waals surface area contributed by atoms with Crippen molar-refractivity contribution in [2.45, 2.75) is 277 Å². The van der Waals surface area contributed by atoms with Gasteiger partial charge in [0.05, 0.1) is 27.7 Å². The van der Waals surface area contributed by atoms with E-state index in [9.17, 15) is 19.0 Å². The number of hydrogen-bond acceptors (Lipinski definition) is 8. The van der Waals surface area contributed by atoms with Crippen molar-refractivity contribution < 1.29 is 42.1 Å². The largest absolute Gasteiger partial charge is 0.756 e. The van der Waals surface area contributed by atoms with Crippen molar-refractivity contribution >= 4 is 19.8 Å². The van der Waals surface area contributed by atoms with Crippen molar-refractivity contribution in [1.82, 2.24) is 0 Å². The Hall–Kier alpha value is -2.29. The molecule has 0 spiro atoms. The highest BCUT2D eigenvalue weighted by atomic mass is 31.2. The molecule has 0 rings (SSSR count). The highest BCUT2D eigenvalue weighted by Gasteiger charge is 2.22. The van der Waals surface area contributed by atoms with Crippen LogP contribution in [0.4, 0.5) is 0 Å². The zero-order valence-electron chi connectivity index (χ0n) is 47.6. The van der Waals surface area contributed by atoms with Crippen molar-refractivity contribution in [2.24, 2.45) is 0 Å². The molecule has 0 aliphatic rings. The second-order valence-electron chi connectivity index (χ2n) is 21.3. The maximum Gasteiger partial charge on any atom is 0.306 e. The number of hydrogen-bond donors (Lipinski definition) is 0. The molecule has 0 aromatic carbocycles. The van der Waals surface area contributed by atoms with Gasteiger partial charge in [0.25, 0.3) is 7.82 Å². The molecule has 420 valence electrons. The number of phosphoric ester groups is 1. The van der Waals surface area contributed by atoms with E-state index < -0.39 is 26.5 Å². The molecule has 9 nitrogen and oxygen atoms in total. The number of allylic oxidation sites excluding steroid dienone is 10. The first kappa shape index (κ1) is 69.7. The van der Waals surface area contributed by atoms with Gasteiger partial charge in [-0.15, -0.1) is 0 Å². The SMILES string of the molecule is CC/C=C\C/C=C\C/C=C\C/C=C\CCCCCCCCC(=O)OC(COC(=O)CCCCCCCCCCCCCCCCCCC/C=C\CCCCCCCCCC)COP(=O)([O-])OCC[N+](C)(C)C. The van der Waals surface area contributed by atoms with E-state index >= 15 is 0 Å². The second kappa shape index (κ2) is 53.5. The number of esters is 2. The van der Waals surface area contributed by atoms with E-state index in [-0.39, 0.29) is 32.0 Å². The van der Waals surface area contributed by atoms with Crippen LogP contribution in [0.1, 0.15) is 271 Å². The van der Waals surface area contributed by atoms with Gasteiger partial charge in [-0.25, -0.2) is 0 Å². The number of phosphoric acid groups is 1. The maximum atomic E-state index is 12.8. The van der Waals surface area contributed by atoms with E-state index in [0.29, 0.717) is 17.4 Å². The highest BCUT2D eigenvalue weighted by molar-refractivity contribution is 7.45. The van der Waals surface area contributed by atoms with Crippen LogP contribution >= 0.6 is 7.82 Å². The van der Waals surface area contributed by atoms with Crippen LogP contribution in [-0.2, 0) is 32.7 Å². The molecule has 0 saturated heterocycles. The van der Waals surface area contributed by atoms with E-state index in [4.69, 9.17) is 18.5 Å². The minimum Gasteiger partial charge on any atom is -0.756 e. The molecular formula is C62H114NO8P. The van der Waals surface area contributed by atoms with Gasteiger partial charge >= 0.3 is 11.9 Å². The lowest BCUT2D eigenvalue weighted by atomic mass is 10.0. The van der Waals surface area contributed by atoms with Crippen LogP contribution in [-0.4, -0.2) is 70.0 Å². The first-order chi connectivity index (χ1) is 35.0. The third-order valence-corrected chi connectivity index (χ3v) is 14.0. The number of unbranched alkanes of at least 4 members (excludes halogenated alkanes) is 31. The molecule has 10 heteroatoms. The second-order valence-corrected chi connectivity index (χ2v) is 22.7. The van der Waals surface area contributed by atoms with Crippen LogP contribution in [0.2, 0.25) is 0 Å². The molecule has 0 aliphatic carbocycles. The smallest absolute Gasteiger partial charge is 0.306 e. The number of carbonyl (C=O) groups excluding carboxylic acids is 2. The summed E-state index contributed by atoms with van der Waals surface area (Å²) < 4.78 is 34.2. The first-order valence-corrected chi connectivity index (χ1v) is 31.5. The lowest BCUT2D eigenvalue weighted by Gasteiger charge is -2.28. The van der Waals surface area contributed by atoms with Gasteiger partial charge in [0.2, 0.25) is 0 Å². The van der Waals surface area contributed by atoms with Gasteiger partial charge in [-0.2, -0.15) is 0 Å². The van der Waals surface area contributed by atoms with Gasteiger partial charge in [0.1, 0.15) is 19.8 Å². The van der Waals surface area contributed by atoms with Crippen LogP contribution in [0.25, 0.3) is 0 Å². The van der Waals surface area contributed by atoms with Gasteiger partial charge in [0, 0.05) is 12.8 Å². The summed E-state index contributed by atoms with van der Waals surface area (Å²) in [4.78, 5) is 37.9. The predicted octanol–water partition coefficient (Wildman–Crippen LogP) is 18.1. The zero-order chi connectivity index (χ0) is 52.7. The molecule has 0 amide bonds. The molecule has 0 aromatic rings. The van der Waals surface area contributed by atoms with Crippen molar-refractivity contribution in [1.29, 1.82) is 0 Å². The molecule has 0 N–H and O–H groups in total. The van der Waals surface area contributed by atoms with Crippen LogP contribution in [0, 0.1) is 0 Å². The lowest BCUT2D eigenvalue weighted by molar-refractivity contribution is -0.870. The van der Waals surface area contributed by atoms with Crippen LogP contribution < -0.4 is 4.89 Å². The highest BCUT2D eigenvalue weighted by Crippen LogP contribution is 2.38. The Balaban J connectivity index is 4.09. The molecular weight excluding hydrogens is 918 g/mol. The fourth-order valence-electron chi connectivity index (χ4n) is 8.41. The number of ether oxygens (including phenoxy) is 2. The summed E-state index contributed by atoms with van der Waals surface area (Å²) >= 11 is 0. The number of nitrogens with zero attached hydrogens (tertiary/aromatic N) is 1. The van der Waals surface area contributed by atoms with Crippen molar-refractivity contribution in [3.05, 3.63) is 60.8 Å². The van der Waals surface area contributed by atoms with E-state index in [0.717, 1.165) is 83.5 Å². The molecule has 0 fully saturated rings. The Bertz CT molecular complexity index is 1400. The van der Waals surface area contributed by atoms with Gasteiger partial charge in [0.15, 0.2) is 6.10 Å². The monoisotopic (exact) mass is 1030 g/mol. The van der Waals surface area contributed by atoms with Gasteiger partial charge < -0.3 is 27.9 Å². The van der Waals surface area contributed by atoms with Crippen LogP contribution in [0.15, 0.2) is 60.8 Å². The minimum atomic E-state index is -4.64. The fourth-order valence-corrected chi connectivity index (χ4v) is 9.14. The van der Waals surface area contributed by atoms with Crippen LogP contribution in [0.3, 0.4) is 0 Å². The third-order valence-electron chi connectivity index (χ3n) is 13.0. The summed E-state index contributed by atoms with van der Waals surface area (Å²) in [6, 6.07) is 0. The summed E-state index contributed by atoms with van der Waals surface area (Å²) in [6.07, 6.45) is 68.5. The fraction of sp³-hybridized carbons (Fsp3) is 0.806. The first-order valence-electron chi connectivity index (χ1n) is 30.0.